The summed E-state index contributed by atoms with van der Waals surface area (Å²) in [6.45, 7) is 14.8. The standard InChI is InChI=1S/C65H54/c1-64(2,3)54-36-52-50-35-51-47(32-31-46(50)57-42(38-19-11-7-12-20-38)27-29-44(59(52)57)40-23-15-9-16-24-40)62-55(65(4,5)6)37-53-60-45(41-25-17-10-18-26-41)30-28-43(39-21-13-8-14-22-39)58(60)49-34-33-48(56(51)54)63(62)61(49)53/h7-29,31-34,36-37,45,55,62H,30,35H2,1-6H3. The van der Waals surface area contributed by atoms with Crippen molar-refractivity contribution in [3.05, 3.63) is 248 Å². The highest BCUT2D eigenvalue weighted by molar-refractivity contribution is 6.20. The fourth-order valence-electron chi connectivity index (χ4n) is 13.0. The number of benzene rings is 6. The van der Waals surface area contributed by atoms with Crippen molar-refractivity contribution >= 4 is 33.4 Å². The van der Waals surface area contributed by atoms with E-state index in [0.29, 0.717) is 5.92 Å². The minimum absolute atomic E-state index is 0.00466. The van der Waals surface area contributed by atoms with Crippen LogP contribution in [0.5, 0.6) is 0 Å². The molecule has 3 unspecified atom stereocenters. The van der Waals surface area contributed by atoms with E-state index in [0.717, 1.165) is 12.8 Å². The summed E-state index contributed by atoms with van der Waals surface area (Å²) < 4.78 is 0. The number of allylic oxidation sites excluding steroid dienone is 16. The van der Waals surface area contributed by atoms with Crippen LogP contribution in [0.15, 0.2) is 204 Å². The first-order chi connectivity index (χ1) is 31.6. The fraction of sp³-hybridized carbons (Fsp3) is 0.200. The molecular weight excluding hydrogens is 781 g/mol. The van der Waals surface area contributed by atoms with Crippen LogP contribution in [0.2, 0.25) is 0 Å². The van der Waals surface area contributed by atoms with E-state index in [1.807, 2.05) is 0 Å². The smallest absolute Gasteiger partial charge is 0.0173 e. The van der Waals surface area contributed by atoms with E-state index in [1.165, 1.54) is 123 Å². The van der Waals surface area contributed by atoms with Crippen LogP contribution >= 0.6 is 0 Å². The Morgan fingerprint density at radius 3 is 1.71 bits per heavy atom. The maximum atomic E-state index is 2.77. The van der Waals surface area contributed by atoms with Gasteiger partial charge in [0.15, 0.2) is 0 Å². The maximum Gasteiger partial charge on any atom is 0.0173 e. The van der Waals surface area contributed by atoms with Crippen molar-refractivity contribution in [1.82, 2.24) is 0 Å². The molecule has 0 heteroatoms. The van der Waals surface area contributed by atoms with Gasteiger partial charge >= 0.3 is 0 Å². The van der Waals surface area contributed by atoms with Gasteiger partial charge in [0.05, 0.1) is 0 Å². The molecule has 0 nitrogen and oxygen atoms in total. The lowest BCUT2D eigenvalue weighted by Crippen LogP contribution is -2.33. The lowest BCUT2D eigenvalue weighted by Gasteiger charge is -2.45. The van der Waals surface area contributed by atoms with Gasteiger partial charge in [-0.15, -0.1) is 0 Å². The second-order valence-electron chi connectivity index (χ2n) is 21.4. The summed E-state index contributed by atoms with van der Waals surface area (Å²) in [5.74, 6) is 0.806. The predicted octanol–water partition coefficient (Wildman–Crippen LogP) is 17.1. The molecule has 7 aliphatic rings. The third-order valence-corrected chi connectivity index (χ3v) is 15.8. The molecule has 0 fully saturated rings. The van der Waals surface area contributed by atoms with Crippen LogP contribution in [-0.2, 0) is 0 Å². The Labute approximate surface area is 385 Å². The molecule has 0 heterocycles. The lowest BCUT2D eigenvalue weighted by atomic mass is 9.58. The second kappa shape index (κ2) is 13.9. The summed E-state index contributed by atoms with van der Waals surface area (Å²) in [6, 6.07) is 54.6. The van der Waals surface area contributed by atoms with Crippen molar-refractivity contribution in [3.8, 4) is 22.3 Å². The van der Waals surface area contributed by atoms with Gasteiger partial charge in [0.1, 0.15) is 0 Å². The third-order valence-electron chi connectivity index (χ3n) is 15.8. The van der Waals surface area contributed by atoms with Gasteiger partial charge in [-0.1, -0.05) is 211 Å². The molecule has 0 aromatic heterocycles. The molecule has 3 atom stereocenters. The monoisotopic (exact) mass is 834 g/mol. The Morgan fingerprint density at radius 1 is 0.492 bits per heavy atom. The number of hydrogen-bond donors (Lipinski definition) is 0. The molecule has 0 radical (unpaired) electrons. The van der Waals surface area contributed by atoms with Crippen LogP contribution in [0.3, 0.4) is 0 Å². The van der Waals surface area contributed by atoms with Crippen molar-refractivity contribution in [2.45, 2.75) is 66.2 Å². The quantitative estimate of drug-likeness (QED) is 0.166. The van der Waals surface area contributed by atoms with E-state index in [-0.39, 0.29) is 22.7 Å². The largest absolute Gasteiger partial charge is 0.0751 e. The molecule has 65 heavy (non-hydrogen) atoms. The normalized spacial score (nSPS) is 21.1. The molecule has 6 aromatic carbocycles. The molecule has 0 saturated heterocycles. The van der Waals surface area contributed by atoms with E-state index >= 15 is 0 Å². The van der Waals surface area contributed by atoms with Crippen molar-refractivity contribution in [1.29, 1.82) is 0 Å². The van der Waals surface area contributed by atoms with Gasteiger partial charge in [0, 0.05) is 11.8 Å². The summed E-state index contributed by atoms with van der Waals surface area (Å²) >= 11 is 0. The molecule has 0 amide bonds. The van der Waals surface area contributed by atoms with Crippen molar-refractivity contribution in [3.63, 3.8) is 0 Å². The van der Waals surface area contributed by atoms with Crippen LogP contribution in [-0.4, -0.2) is 0 Å². The average molecular weight is 835 g/mol. The van der Waals surface area contributed by atoms with E-state index in [1.54, 1.807) is 5.56 Å². The highest BCUT2D eigenvalue weighted by Crippen LogP contribution is 2.67. The van der Waals surface area contributed by atoms with Gasteiger partial charge in [-0.2, -0.15) is 0 Å². The van der Waals surface area contributed by atoms with Gasteiger partial charge in [0.2, 0.25) is 0 Å². The minimum atomic E-state index is -0.127. The van der Waals surface area contributed by atoms with Crippen molar-refractivity contribution < 1.29 is 0 Å². The first-order valence-corrected chi connectivity index (χ1v) is 23.9. The van der Waals surface area contributed by atoms with Crippen LogP contribution < -0.4 is 0 Å². The first kappa shape index (κ1) is 38.7. The Morgan fingerprint density at radius 2 is 1.08 bits per heavy atom. The minimum Gasteiger partial charge on any atom is -0.0751 e. The summed E-state index contributed by atoms with van der Waals surface area (Å²) in [7, 11) is 0. The van der Waals surface area contributed by atoms with E-state index in [9.17, 15) is 0 Å². The molecule has 7 aliphatic carbocycles. The number of rotatable bonds is 4. The first-order valence-electron chi connectivity index (χ1n) is 23.9. The zero-order valence-electron chi connectivity index (χ0n) is 38.4. The lowest BCUT2D eigenvalue weighted by molar-refractivity contribution is 0.265. The SMILES string of the molecule is CC(C)(C)C1=C2C3=C(C=CC4=C(C3)C(=C1)c1c(-c3ccccc3)ccc(-c3ccccc3)c14)C1c3c2ccc2c3C(=CC1C(C)(C)C)C1=C2C(c2ccccc2)=CCC1c1ccccc1. The molecule has 0 spiro atoms. The topological polar surface area (TPSA) is 0 Å². The molecule has 13 rings (SSSR count). The van der Waals surface area contributed by atoms with Crippen LogP contribution in [0.4, 0.5) is 0 Å². The molecule has 314 valence electrons. The van der Waals surface area contributed by atoms with E-state index in [2.05, 4.69) is 218 Å². The highest BCUT2D eigenvalue weighted by atomic mass is 14.5. The Balaban J connectivity index is 1.11. The zero-order valence-corrected chi connectivity index (χ0v) is 38.4. The molecule has 0 aliphatic heterocycles. The molecule has 6 aromatic rings. The van der Waals surface area contributed by atoms with Gasteiger partial charge < -0.3 is 0 Å². The zero-order chi connectivity index (χ0) is 43.9. The van der Waals surface area contributed by atoms with Crippen molar-refractivity contribution in [2.24, 2.45) is 16.7 Å². The fourth-order valence-corrected chi connectivity index (χ4v) is 13.0. The summed E-state index contributed by atoms with van der Waals surface area (Å²) in [6.07, 6.45) is 15.0. The van der Waals surface area contributed by atoms with Crippen molar-refractivity contribution in [2.75, 3.05) is 0 Å². The predicted molar refractivity (Wildman–Crippen MR) is 275 cm³/mol. The maximum absolute atomic E-state index is 2.77. The van der Waals surface area contributed by atoms with Gasteiger partial charge in [-0.3, -0.25) is 0 Å². The van der Waals surface area contributed by atoms with E-state index in [4.69, 9.17) is 0 Å². The Hall–Kier alpha value is -6.76. The summed E-state index contributed by atoms with van der Waals surface area (Å²) in [5.41, 5.74) is 32.5. The van der Waals surface area contributed by atoms with Gasteiger partial charge in [-0.05, 0) is 164 Å². The molecule has 0 saturated carbocycles. The number of hydrogen-bond acceptors (Lipinski definition) is 0. The summed E-state index contributed by atoms with van der Waals surface area (Å²) in [4.78, 5) is 0. The molecule has 0 N–H and O–H groups in total. The van der Waals surface area contributed by atoms with Gasteiger partial charge in [-0.25, -0.2) is 0 Å². The molecular formula is C65H54. The third kappa shape index (κ3) is 5.56. The van der Waals surface area contributed by atoms with Crippen LogP contribution in [0, 0.1) is 16.7 Å². The average Bonchev–Trinajstić information content (AvgIpc) is 3.63. The Bertz CT molecular complexity index is 3320. The Kier molecular flexibility index (Phi) is 8.25. The highest BCUT2D eigenvalue weighted by Gasteiger charge is 2.50. The van der Waals surface area contributed by atoms with Crippen LogP contribution in [0.1, 0.15) is 111 Å². The number of fused-ring (bicyclic) bond motifs is 7. The second-order valence-corrected chi connectivity index (χ2v) is 21.4. The van der Waals surface area contributed by atoms with Crippen LogP contribution in [0.25, 0.3) is 55.7 Å². The molecule has 2 bridgehead atoms. The van der Waals surface area contributed by atoms with Gasteiger partial charge in [0.25, 0.3) is 0 Å². The van der Waals surface area contributed by atoms with E-state index < -0.39 is 0 Å². The summed E-state index contributed by atoms with van der Waals surface area (Å²) in [5, 5.41) is 0.